The van der Waals surface area contributed by atoms with Crippen molar-refractivity contribution in [3.63, 3.8) is 0 Å². The van der Waals surface area contributed by atoms with Crippen LogP contribution in [0.1, 0.15) is 24.0 Å². The number of anilines is 2. The number of carbonyl (C=O) groups is 1. The van der Waals surface area contributed by atoms with E-state index in [-0.39, 0.29) is 11.4 Å². The van der Waals surface area contributed by atoms with E-state index in [0.717, 1.165) is 38.2 Å². The SMILES string of the molecule is C=CCN1CCC2(CC1)CN(C(=O)Nc1ccccc1Cl)c1ccc(C)cc12. The van der Waals surface area contributed by atoms with Crippen LogP contribution >= 0.6 is 11.6 Å². The first-order valence-electron chi connectivity index (χ1n) is 9.80. The number of hydrogen-bond acceptors (Lipinski definition) is 2. The van der Waals surface area contributed by atoms with E-state index in [1.165, 1.54) is 11.1 Å². The van der Waals surface area contributed by atoms with Crippen molar-refractivity contribution in [3.05, 3.63) is 71.3 Å². The zero-order chi connectivity index (χ0) is 19.7. The minimum absolute atomic E-state index is 0.0246. The molecule has 2 aromatic rings. The van der Waals surface area contributed by atoms with Crippen LogP contribution in [0.4, 0.5) is 16.2 Å². The Morgan fingerprint density at radius 2 is 2.00 bits per heavy atom. The fourth-order valence-corrected chi connectivity index (χ4v) is 4.67. The maximum Gasteiger partial charge on any atom is 0.326 e. The highest BCUT2D eigenvalue weighted by Crippen LogP contribution is 2.47. The fraction of sp³-hybridized carbons (Fsp3) is 0.348. The Kier molecular flexibility index (Phi) is 5.17. The van der Waals surface area contributed by atoms with Crippen LogP contribution in [0.5, 0.6) is 0 Å². The lowest BCUT2D eigenvalue weighted by Gasteiger charge is -2.39. The second-order valence-electron chi connectivity index (χ2n) is 7.89. The molecular weight excluding hydrogens is 370 g/mol. The van der Waals surface area contributed by atoms with Crippen LogP contribution in [0.3, 0.4) is 0 Å². The largest absolute Gasteiger partial charge is 0.326 e. The van der Waals surface area contributed by atoms with Gasteiger partial charge < -0.3 is 5.32 Å². The Hall–Kier alpha value is -2.30. The van der Waals surface area contributed by atoms with E-state index >= 15 is 0 Å². The highest BCUT2D eigenvalue weighted by atomic mass is 35.5. The van der Waals surface area contributed by atoms with Gasteiger partial charge in [-0.25, -0.2) is 4.79 Å². The number of nitrogens with zero attached hydrogens (tertiary/aromatic N) is 2. The number of carbonyl (C=O) groups excluding carboxylic acids is 1. The van der Waals surface area contributed by atoms with Crippen LogP contribution < -0.4 is 10.2 Å². The van der Waals surface area contributed by atoms with E-state index < -0.39 is 0 Å². The van der Waals surface area contributed by atoms with E-state index in [2.05, 4.69) is 41.9 Å². The molecule has 1 spiro atoms. The van der Waals surface area contributed by atoms with Crippen LogP contribution in [0.25, 0.3) is 0 Å². The van der Waals surface area contributed by atoms with Crippen LogP contribution in [0.2, 0.25) is 5.02 Å². The average molecular weight is 396 g/mol. The zero-order valence-electron chi connectivity index (χ0n) is 16.2. The number of likely N-dealkylation sites (tertiary alicyclic amines) is 1. The Morgan fingerprint density at radius 3 is 2.71 bits per heavy atom. The zero-order valence-corrected chi connectivity index (χ0v) is 17.0. The van der Waals surface area contributed by atoms with Crippen molar-refractivity contribution >= 4 is 29.0 Å². The summed E-state index contributed by atoms with van der Waals surface area (Å²) in [5.41, 5.74) is 4.23. The highest BCUT2D eigenvalue weighted by molar-refractivity contribution is 6.33. The number of hydrogen-bond donors (Lipinski definition) is 1. The van der Waals surface area contributed by atoms with Crippen molar-refractivity contribution in [2.45, 2.75) is 25.2 Å². The first kappa shape index (κ1) is 19.0. The first-order chi connectivity index (χ1) is 13.5. The molecule has 4 nitrogen and oxygen atoms in total. The molecule has 0 unspecified atom stereocenters. The van der Waals surface area contributed by atoms with Gasteiger partial charge in [0.2, 0.25) is 0 Å². The van der Waals surface area contributed by atoms with Gasteiger partial charge in [-0.05, 0) is 56.6 Å². The topological polar surface area (TPSA) is 35.6 Å². The number of piperidine rings is 1. The molecule has 1 fully saturated rings. The van der Waals surface area contributed by atoms with Gasteiger partial charge in [-0.1, -0.05) is 47.5 Å². The lowest BCUT2D eigenvalue weighted by Crippen LogP contribution is -2.46. The molecule has 0 aromatic heterocycles. The Balaban J connectivity index is 1.61. The molecule has 5 heteroatoms. The number of urea groups is 1. The summed E-state index contributed by atoms with van der Waals surface area (Å²) in [7, 11) is 0. The summed E-state index contributed by atoms with van der Waals surface area (Å²) < 4.78 is 0. The Bertz CT molecular complexity index is 902. The highest BCUT2D eigenvalue weighted by Gasteiger charge is 2.46. The van der Waals surface area contributed by atoms with Gasteiger partial charge in [-0.2, -0.15) is 0 Å². The number of amides is 2. The summed E-state index contributed by atoms with van der Waals surface area (Å²) in [6, 6.07) is 13.7. The molecule has 4 rings (SSSR count). The molecule has 2 aliphatic rings. The fourth-order valence-electron chi connectivity index (χ4n) is 4.48. The number of benzene rings is 2. The molecule has 146 valence electrons. The monoisotopic (exact) mass is 395 g/mol. The number of para-hydroxylation sites is 1. The second-order valence-corrected chi connectivity index (χ2v) is 8.29. The standard InChI is InChI=1S/C23H26ClN3O/c1-3-12-26-13-10-23(11-14-26)16-27(21-9-8-17(2)15-18(21)23)22(28)25-20-7-5-4-6-19(20)24/h3-9,15H,1,10-14,16H2,2H3,(H,25,28). The summed E-state index contributed by atoms with van der Waals surface area (Å²) in [5.74, 6) is 0. The molecule has 2 amide bonds. The number of aryl methyl sites for hydroxylation is 1. The maximum absolute atomic E-state index is 13.1. The number of nitrogens with one attached hydrogen (secondary N) is 1. The molecule has 2 aliphatic heterocycles. The van der Waals surface area contributed by atoms with E-state index in [9.17, 15) is 4.79 Å². The average Bonchev–Trinajstić information content (AvgIpc) is 2.99. The third-order valence-corrected chi connectivity index (χ3v) is 6.37. The van der Waals surface area contributed by atoms with Gasteiger partial charge >= 0.3 is 6.03 Å². The third kappa shape index (κ3) is 3.43. The molecule has 2 aromatic carbocycles. The van der Waals surface area contributed by atoms with E-state index in [0.29, 0.717) is 17.3 Å². The van der Waals surface area contributed by atoms with Gasteiger partial charge in [-0.15, -0.1) is 6.58 Å². The lowest BCUT2D eigenvalue weighted by atomic mass is 9.74. The van der Waals surface area contributed by atoms with Crippen molar-refractivity contribution in [2.75, 3.05) is 36.4 Å². The van der Waals surface area contributed by atoms with Gasteiger partial charge in [-0.3, -0.25) is 9.80 Å². The molecule has 0 atom stereocenters. The molecule has 28 heavy (non-hydrogen) atoms. The first-order valence-corrected chi connectivity index (χ1v) is 10.2. The molecular formula is C23H26ClN3O. The van der Waals surface area contributed by atoms with Crippen LogP contribution in [-0.4, -0.2) is 37.1 Å². The van der Waals surface area contributed by atoms with Crippen molar-refractivity contribution < 1.29 is 4.79 Å². The minimum Gasteiger partial charge on any atom is -0.306 e. The molecule has 0 bridgehead atoms. The predicted octanol–water partition coefficient (Wildman–Crippen LogP) is 5.22. The predicted molar refractivity (Wildman–Crippen MR) is 117 cm³/mol. The molecule has 0 radical (unpaired) electrons. The smallest absolute Gasteiger partial charge is 0.306 e. The molecule has 2 heterocycles. The van der Waals surface area contributed by atoms with Crippen molar-refractivity contribution in [3.8, 4) is 0 Å². The number of rotatable bonds is 3. The Labute approximate surface area is 171 Å². The second kappa shape index (κ2) is 7.61. The van der Waals surface area contributed by atoms with Crippen LogP contribution in [0.15, 0.2) is 55.1 Å². The van der Waals surface area contributed by atoms with Gasteiger partial charge in [0.05, 0.1) is 10.7 Å². The molecule has 0 aliphatic carbocycles. The summed E-state index contributed by atoms with van der Waals surface area (Å²) in [5, 5.41) is 3.54. The van der Waals surface area contributed by atoms with Crippen molar-refractivity contribution in [2.24, 2.45) is 0 Å². The van der Waals surface area contributed by atoms with Gasteiger partial charge in [0.25, 0.3) is 0 Å². The summed E-state index contributed by atoms with van der Waals surface area (Å²) in [6.45, 7) is 9.67. The normalized spacial score (nSPS) is 18.1. The quantitative estimate of drug-likeness (QED) is 0.723. The lowest BCUT2D eigenvalue weighted by molar-refractivity contribution is 0.180. The Morgan fingerprint density at radius 1 is 1.25 bits per heavy atom. The number of halogens is 1. The van der Waals surface area contributed by atoms with Crippen molar-refractivity contribution in [1.29, 1.82) is 0 Å². The number of fused-ring (bicyclic) bond motifs is 2. The van der Waals surface area contributed by atoms with Crippen LogP contribution in [0, 0.1) is 6.92 Å². The van der Waals surface area contributed by atoms with Crippen molar-refractivity contribution in [1.82, 2.24) is 4.90 Å². The molecule has 0 saturated carbocycles. The van der Waals surface area contributed by atoms with E-state index in [4.69, 9.17) is 11.6 Å². The van der Waals surface area contributed by atoms with Gasteiger partial charge in [0.1, 0.15) is 0 Å². The van der Waals surface area contributed by atoms with E-state index in [1.807, 2.05) is 29.2 Å². The summed E-state index contributed by atoms with van der Waals surface area (Å²) in [4.78, 5) is 17.5. The van der Waals surface area contributed by atoms with Crippen LogP contribution in [-0.2, 0) is 5.41 Å². The molecule has 1 saturated heterocycles. The summed E-state index contributed by atoms with van der Waals surface area (Å²) in [6.07, 6.45) is 4.06. The maximum atomic E-state index is 13.1. The summed E-state index contributed by atoms with van der Waals surface area (Å²) >= 11 is 6.24. The molecule has 1 N–H and O–H groups in total. The minimum atomic E-state index is -0.122. The van der Waals surface area contributed by atoms with Gasteiger partial charge in [0.15, 0.2) is 0 Å². The van der Waals surface area contributed by atoms with E-state index in [1.54, 1.807) is 6.07 Å². The third-order valence-electron chi connectivity index (χ3n) is 6.04. The van der Waals surface area contributed by atoms with Gasteiger partial charge in [0, 0.05) is 24.2 Å².